The molecular weight excluding hydrogens is 320 g/mol. The van der Waals surface area contributed by atoms with Crippen LogP contribution in [0.5, 0.6) is 0 Å². The monoisotopic (exact) mass is 346 g/mol. The van der Waals surface area contributed by atoms with Crippen molar-refractivity contribution in [2.24, 2.45) is 0 Å². The van der Waals surface area contributed by atoms with Crippen molar-refractivity contribution in [3.05, 3.63) is 71.0 Å². The number of para-hydroxylation sites is 1. The first-order chi connectivity index (χ1) is 12.6. The van der Waals surface area contributed by atoms with Crippen LogP contribution in [-0.4, -0.2) is 37.5 Å². The van der Waals surface area contributed by atoms with Crippen LogP contribution < -0.4 is 0 Å². The molecule has 0 bridgehead atoms. The summed E-state index contributed by atoms with van der Waals surface area (Å²) in [5.41, 5.74) is 5.61. The third-order valence-corrected chi connectivity index (χ3v) is 6.36. The van der Waals surface area contributed by atoms with Crippen molar-refractivity contribution >= 4 is 11.0 Å². The lowest BCUT2D eigenvalue weighted by atomic mass is 9.85. The lowest BCUT2D eigenvalue weighted by Gasteiger charge is -2.33. The summed E-state index contributed by atoms with van der Waals surface area (Å²) in [4.78, 5) is 4.80. The molecule has 0 saturated heterocycles. The molecule has 2 aliphatic rings. The van der Waals surface area contributed by atoms with E-state index in [-0.39, 0.29) is 5.54 Å². The predicted molar refractivity (Wildman–Crippen MR) is 105 cm³/mol. The quantitative estimate of drug-likeness (QED) is 0.693. The summed E-state index contributed by atoms with van der Waals surface area (Å²) in [7, 11) is 6.62. The van der Waals surface area contributed by atoms with Crippen molar-refractivity contribution in [3.63, 3.8) is 0 Å². The summed E-state index contributed by atoms with van der Waals surface area (Å²) >= 11 is 0. The molecule has 1 aliphatic carbocycles. The number of likely N-dealkylation sites (N-methyl/N-ethyl adjacent to an activating group) is 1. The maximum atomic E-state index is 6.23. The van der Waals surface area contributed by atoms with Gasteiger partial charge in [0.05, 0.1) is 5.92 Å². The zero-order valence-electron chi connectivity index (χ0n) is 15.8. The zero-order valence-corrected chi connectivity index (χ0v) is 15.8. The summed E-state index contributed by atoms with van der Waals surface area (Å²) in [5.74, 6) is 1.39. The van der Waals surface area contributed by atoms with E-state index in [1.807, 2.05) is 6.07 Å². The molecule has 134 valence electrons. The van der Waals surface area contributed by atoms with E-state index in [1.165, 1.54) is 34.9 Å². The Balaban J connectivity index is 1.58. The van der Waals surface area contributed by atoms with Gasteiger partial charge in [0, 0.05) is 24.0 Å². The van der Waals surface area contributed by atoms with Crippen molar-refractivity contribution in [1.29, 1.82) is 0 Å². The average Bonchev–Trinajstić information content (AvgIpc) is 3.34. The number of fused-ring (bicyclic) bond motifs is 2. The maximum Gasteiger partial charge on any atom is 0.134 e. The molecular formula is C23H26N2O. The molecule has 0 spiro atoms. The molecule has 1 saturated carbocycles. The Labute approximate surface area is 155 Å². The molecule has 3 heteroatoms. The minimum absolute atomic E-state index is 0.264. The van der Waals surface area contributed by atoms with Gasteiger partial charge in [0.25, 0.3) is 0 Å². The number of hydrogen-bond donors (Lipinski definition) is 0. The Kier molecular flexibility index (Phi) is 3.53. The molecule has 1 atom stereocenters. The van der Waals surface area contributed by atoms with Gasteiger partial charge < -0.3 is 9.32 Å². The van der Waals surface area contributed by atoms with E-state index in [0.29, 0.717) is 5.92 Å². The largest absolute Gasteiger partial charge is 0.460 e. The van der Waals surface area contributed by atoms with Crippen molar-refractivity contribution in [1.82, 2.24) is 9.80 Å². The summed E-state index contributed by atoms with van der Waals surface area (Å²) < 4.78 is 6.23. The molecule has 0 radical (unpaired) electrons. The van der Waals surface area contributed by atoms with E-state index >= 15 is 0 Å². The minimum atomic E-state index is 0.264. The first-order valence-electron chi connectivity index (χ1n) is 9.54. The highest BCUT2D eigenvalue weighted by molar-refractivity contribution is 5.78. The first kappa shape index (κ1) is 16.1. The molecule has 1 aromatic heterocycles. The second-order valence-electron chi connectivity index (χ2n) is 8.28. The van der Waals surface area contributed by atoms with Crippen LogP contribution in [0.2, 0.25) is 0 Å². The summed E-state index contributed by atoms with van der Waals surface area (Å²) in [6.07, 6.45) is 2.53. The Morgan fingerprint density at radius 2 is 1.88 bits per heavy atom. The highest BCUT2D eigenvalue weighted by Gasteiger charge is 2.46. The number of nitrogens with zero attached hydrogens (tertiary/aromatic N) is 2. The van der Waals surface area contributed by atoms with E-state index < -0.39 is 0 Å². The number of hydrogen-bond acceptors (Lipinski definition) is 3. The molecule has 1 unspecified atom stereocenters. The second kappa shape index (κ2) is 5.70. The Morgan fingerprint density at radius 1 is 1.08 bits per heavy atom. The normalized spacial score (nSPS) is 21.9. The molecule has 2 aromatic carbocycles. The third kappa shape index (κ3) is 2.42. The van der Waals surface area contributed by atoms with Crippen molar-refractivity contribution in [3.8, 4) is 0 Å². The topological polar surface area (TPSA) is 19.6 Å². The third-order valence-electron chi connectivity index (χ3n) is 6.36. The van der Waals surface area contributed by atoms with Gasteiger partial charge in [0.1, 0.15) is 11.3 Å². The molecule has 3 nitrogen and oxygen atoms in total. The average molecular weight is 346 g/mol. The van der Waals surface area contributed by atoms with Crippen LogP contribution >= 0.6 is 0 Å². The van der Waals surface area contributed by atoms with Gasteiger partial charge in [0.2, 0.25) is 0 Å². The Hall–Kier alpha value is -2.10. The van der Waals surface area contributed by atoms with Crippen molar-refractivity contribution in [2.45, 2.75) is 30.8 Å². The van der Waals surface area contributed by atoms with Gasteiger partial charge in [-0.05, 0) is 62.8 Å². The molecule has 0 N–H and O–H groups in total. The van der Waals surface area contributed by atoms with E-state index in [9.17, 15) is 0 Å². The fourth-order valence-electron chi connectivity index (χ4n) is 4.67. The summed E-state index contributed by atoms with van der Waals surface area (Å²) in [6.45, 7) is 2.02. The lowest BCUT2D eigenvalue weighted by Crippen LogP contribution is -2.32. The molecule has 3 aromatic rings. The van der Waals surface area contributed by atoms with E-state index in [4.69, 9.17) is 4.42 Å². The minimum Gasteiger partial charge on any atom is -0.460 e. The van der Waals surface area contributed by atoms with Crippen LogP contribution in [-0.2, 0) is 12.1 Å². The summed E-state index contributed by atoms with van der Waals surface area (Å²) in [6, 6.07) is 17.7. The van der Waals surface area contributed by atoms with E-state index in [0.717, 1.165) is 24.4 Å². The molecule has 26 heavy (non-hydrogen) atoms. The van der Waals surface area contributed by atoms with Gasteiger partial charge in [-0.1, -0.05) is 36.4 Å². The van der Waals surface area contributed by atoms with Gasteiger partial charge in [-0.3, -0.25) is 4.90 Å². The van der Waals surface area contributed by atoms with Gasteiger partial charge in [0.15, 0.2) is 0 Å². The molecule has 2 heterocycles. The smallest absolute Gasteiger partial charge is 0.134 e. The lowest BCUT2D eigenvalue weighted by molar-refractivity contribution is 0.270. The Bertz CT molecular complexity index is 934. The van der Waals surface area contributed by atoms with Gasteiger partial charge in [-0.25, -0.2) is 0 Å². The van der Waals surface area contributed by atoms with Crippen LogP contribution in [0.15, 0.2) is 52.9 Å². The maximum absolute atomic E-state index is 6.23. The SMILES string of the molecule is CN1Cc2cc(C3(N(C)C)CC3)ccc2C(c2cc3ccccc3o2)C1. The highest BCUT2D eigenvalue weighted by atomic mass is 16.3. The van der Waals surface area contributed by atoms with Crippen molar-refractivity contribution < 1.29 is 4.42 Å². The zero-order chi connectivity index (χ0) is 17.9. The molecule has 0 amide bonds. The predicted octanol–water partition coefficient (Wildman–Crippen LogP) is 4.56. The molecule has 1 fully saturated rings. The summed E-state index contributed by atoms with van der Waals surface area (Å²) in [5, 5.41) is 1.19. The fraction of sp³-hybridized carbons (Fsp3) is 0.391. The van der Waals surface area contributed by atoms with Crippen LogP contribution in [0.1, 0.15) is 41.2 Å². The number of furan rings is 1. The standard InChI is InChI=1S/C23H26N2O/c1-24(2)23(10-11-23)18-8-9-19-17(12-18)14-25(3)15-20(19)22-13-16-6-4-5-7-21(16)26-22/h4-9,12-13,20H,10-11,14-15H2,1-3H3. The van der Waals surface area contributed by atoms with Crippen molar-refractivity contribution in [2.75, 3.05) is 27.7 Å². The van der Waals surface area contributed by atoms with Crippen LogP contribution in [0, 0.1) is 0 Å². The van der Waals surface area contributed by atoms with Gasteiger partial charge in [-0.15, -0.1) is 0 Å². The van der Waals surface area contributed by atoms with Gasteiger partial charge in [-0.2, -0.15) is 0 Å². The highest BCUT2D eigenvalue weighted by Crippen LogP contribution is 2.50. The Morgan fingerprint density at radius 3 is 2.62 bits per heavy atom. The van der Waals surface area contributed by atoms with Gasteiger partial charge >= 0.3 is 0 Å². The fourth-order valence-corrected chi connectivity index (χ4v) is 4.67. The molecule has 5 rings (SSSR count). The van der Waals surface area contributed by atoms with E-state index in [2.05, 4.69) is 73.4 Å². The number of benzene rings is 2. The molecule has 1 aliphatic heterocycles. The number of rotatable bonds is 3. The van der Waals surface area contributed by atoms with Crippen LogP contribution in [0.25, 0.3) is 11.0 Å². The van der Waals surface area contributed by atoms with Crippen LogP contribution in [0.3, 0.4) is 0 Å². The van der Waals surface area contributed by atoms with E-state index in [1.54, 1.807) is 0 Å². The second-order valence-corrected chi connectivity index (χ2v) is 8.28. The van der Waals surface area contributed by atoms with Crippen LogP contribution in [0.4, 0.5) is 0 Å². The first-order valence-corrected chi connectivity index (χ1v) is 9.54.